The van der Waals surface area contributed by atoms with Gasteiger partial charge in [0.05, 0.1) is 0 Å². The Kier molecular flexibility index (Phi) is 4.71. The fraction of sp³-hybridized carbons (Fsp3) is 0.500. The summed E-state index contributed by atoms with van der Waals surface area (Å²) in [6.07, 6.45) is 0. The van der Waals surface area contributed by atoms with Gasteiger partial charge in [0.15, 0.2) is 0 Å². The van der Waals surface area contributed by atoms with E-state index in [0.29, 0.717) is 0 Å². The van der Waals surface area contributed by atoms with Gasteiger partial charge in [-0.2, -0.15) is 0 Å². The van der Waals surface area contributed by atoms with Gasteiger partial charge in [0.1, 0.15) is 0 Å². The van der Waals surface area contributed by atoms with Crippen LogP contribution in [0.5, 0.6) is 0 Å². The molecule has 2 N–H and O–H groups in total. The minimum absolute atomic E-state index is 0.216. The molecule has 0 aliphatic rings. The Morgan fingerprint density at radius 2 is 1.69 bits per heavy atom. The van der Waals surface area contributed by atoms with E-state index in [1.54, 1.807) is 0 Å². The van der Waals surface area contributed by atoms with Crippen molar-refractivity contribution in [3.63, 3.8) is 0 Å². The number of nitrogens with two attached hydrogens (primary N) is 1. The van der Waals surface area contributed by atoms with E-state index in [1.807, 2.05) is 33.8 Å². The van der Waals surface area contributed by atoms with Gasteiger partial charge in [-0.3, -0.25) is 0 Å². The van der Waals surface area contributed by atoms with Gasteiger partial charge >= 0.3 is 0 Å². The van der Waals surface area contributed by atoms with Crippen molar-refractivity contribution in [2.24, 2.45) is 5.73 Å². The van der Waals surface area contributed by atoms with E-state index in [9.17, 15) is 0 Å². The summed E-state index contributed by atoms with van der Waals surface area (Å²) < 4.78 is 0. The summed E-state index contributed by atoms with van der Waals surface area (Å²) in [6, 6.07) is 8.31. The molecule has 0 aromatic heterocycles. The summed E-state index contributed by atoms with van der Waals surface area (Å²) in [7, 11) is 0. The number of aryl methyl sites for hydroxylation is 1. The van der Waals surface area contributed by atoms with Crippen molar-refractivity contribution < 1.29 is 0 Å². The molecule has 1 rings (SSSR count). The lowest BCUT2D eigenvalue weighted by Gasteiger charge is -2.19. The third-order valence-corrected chi connectivity index (χ3v) is 1.76. The third kappa shape index (κ3) is 4.09. The minimum Gasteiger partial charge on any atom is -0.322 e. The molecule has 0 fully saturated rings. The molecule has 1 aromatic rings. The number of benzene rings is 1. The van der Waals surface area contributed by atoms with E-state index in [4.69, 9.17) is 5.73 Å². The van der Waals surface area contributed by atoms with Gasteiger partial charge in [-0.25, -0.2) is 0 Å². The Morgan fingerprint density at radius 1 is 1.15 bits per heavy atom. The zero-order valence-corrected chi connectivity index (χ0v) is 9.39. The highest BCUT2D eigenvalue weighted by Crippen LogP contribution is 2.16. The summed E-state index contributed by atoms with van der Waals surface area (Å²) in [5.74, 6) is 0. The Hall–Kier alpha value is -0.820. The lowest BCUT2D eigenvalue weighted by Crippen LogP contribution is -2.28. The van der Waals surface area contributed by atoms with Gasteiger partial charge < -0.3 is 5.73 Å². The maximum Gasteiger partial charge on any atom is 0.0352 e. The van der Waals surface area contributed by atoms with E-state index in [2.05, 4.69) is 25.1 Å². The van der Waals surface area contributed by atoms with Crippen LogP contribution < -0.4 is 5.73 Å². The molecule has 0 amide bonds. The maximum absolute atomic E-state index is 5.93. The van der Waals surface area contributed by atoms with Crippen molar-refractivity contribution in [3.05, 3.63) is 35.4 Å². The Balaban J connectivity index is 0.000000671. The zero-order chi connectivity index (χ0) is 10.5. The molecular weight excluding hydrogens is 158 g/mol. The predicted molar refractivity (Wildman–Crippen MR) is 59.7 cm³/mol. The molecule has 0 heterocycles. The maximum atomic E-state index is 5.93. The van der Waals surface area contributed by atoms with E-state index in [-0.39, 0.29) is 5.54 Å². The van der Waals surface area contributed by atoms with Gasteiger partial charge in [-0.05, 0) is 26.3 Å². The topological polar surface area (TPSA) is 26.0 Å². The van der Waals surface area contributed by atoms with Crippen LogP contribution in [0.4, 0.5) is 0 Å². The quantitative estimate of drug-likeness (QED) is 0.704. The van der Waals surface area contributed by atoms with Gasteiger partial charge in [-0.15, -0.1) is 0 Å². The number of hydrogen-bond acceptors (Lipinski definition) is 1. The second kappa shape index (κ2) is 5.03. The van der Waals surface area contributed by atoms with Crippen LogP contribution in [0.3, 0.4) is 0 Å². The number of hydrogen-bond donors (Lipinski definition) is 1. The second-order valence-corrected chi connectivity index (χ2v) is 3.59. The van der Waals surface area contributed by atoms with Crippen molar-refractivity contribution >= 4 is 0 Å². The first-order valence-corrected chi connectivity index (χ1v) is 4.86. The van der Waals surface area contributed by atoms with Crippen LogP contribution in [0.1, 0.15) is 38.8 Å². The predicted octanol–water partition coefficient (Wildman–Crippen LogP) is 3.22. The summed E-state index contributed by atoms with van der Waals surface area (Å²) >= 11 is 0. The van der Waals surface area contributed by atoms with Crippen LogP contribution in [0.2, 0.25) is 0 Å². The van der Waals surface area contributed by atoms with Crippen molar-refractivity contribution in [2.75, 3.05) is 0 Å². The molecule has 0 aliphatic carbocycles. The molecule has 0 atom stereocenters. The lowest BCUT2D eigenvalue weighted by atomic mass is 9.94. The highest BCUT2D eigenvalue weighted by atomic mass is 14.7. The monoisotopic (exact) mass is 179 g/mol. The third-order valence-electron chi connectivity index (χ3n) is 1.76. The van der Waals surface area contributed by atoms with Gasteiger partial charge in [-0.1, -0.05) is 43.7 Å². The molecule has 1 nitrogen and oxygen atoms in total. The van der Waals surface area contributed by atoms with Crippen LogP contribution in [0, 0.1) is 6.92 Å². The summed E-state index contributed by atoms with van der Waals surface area (Å²) in [4.78, 5) is 0. The summed E-state index contributed by atoms with van der Waals surface area (Å²) in [5.41, 5.74) is 8.17. The fourth-order valence-corrected chi connectivity index (χ4v) is 1.05. The number of rotatable bonds is 1. The van der Waals surface area contributed by atoms with E-state index >= 15 is 0 Å². The average molecular weight is 179 g/mol. The first kappa shape index (κ1) is 12.2. The molecule has 74 valence electrons. The van der Waals surface area contributed by atoms with Crippen LogP contribution in [0.15, 0.2) is 24.3 Å². The SMILES string of the molecule is CC.Cc1cccc(C(C)(C)N)c1. The molecule has 1 aromatic carbocycles. The average Bonchev–Trinajstić information content (AvgIpc) is 2.06. The fourth-order valence-electron chi connectivity index (χ4n) is 1.05. The lowest BCUT2D eigenvalue weighted by molar-refractivity contribution is 0.554. The summed E-state index contributed by atoms with van der Waals surface area (Å²) in [6.45, 7) is 10.1. The van der Waals surface area contributed by atoms with Crippen molar-refractivity contribution in [3.8, 4) is 0 Å². The second-order valence-electron chi connectivity index (χ2n) is 3.59. The minimum atomic E-state index is -0.216. The molecule has 0 saturated carbocycles. The van der Waals surface area contributed by atoms with E-state index in [1.165, 1.54) is 11.1 Å². The van der Waals surface area contributed by atoms with Gasteiger partial charge in [0.25, 0.3) is 0 Å². The first-order chi connectivity index (χ1) is 6.00. The molecule has 0 unspecified atom stereocenters. The van der Waals surface area contributed by atoms with Crippen LogP contribution >= 0.6 is 0 Å². The van der Waals surface area contributed by atoms with Crippen molar-refractivity contribution in [1.29, 1.82) is 0 Å². The molecule has 0 radical (unpaired) electrons. The van der Waals surface area contributed by atoms with Crippen LogP contribution in [-0.2, 0) is 5.54 Å². The van der Waals surface area contributed by atoms with Crippen molar-refractivity contribution in [2.45, 2.75) is 40.2 Å². The van der Waals surface area contributed by atoms with Gasteiger partial charge in [0.2, 0.25) is 0 Å². The Labute approximate surface area is 82.0 Å². The molecule has 0 spiro atoms. The van der Waals surface area contributed by atoms with Crippen LogP contribution in [-0.4, -0.2) is 0 Å². The Morgan fingerprint density at radius 3 is 2.00 bits per heavy atom. The summed E-state index contributed by atoms with van der Waals surface area (Å²) in [5, 5.41) is 0. The van der Waals surface area contributed by atoms with Crippen molar-refractivity contribution in [1.82, 2.24) is 0 Å². The smallest absolute Gasteiger partial charge is 0.0352 e. The van der Waals surface area contributed by atoms with Gasteiger partial charge in [0, 0.05) is 5.54 Å². The van der Waals surface area contributed by atoms with E-state index in [0.717, 1.165) is 0 Å². The Bertz CT molecular complexity index is 246. The largest absolute Gasteiger partial charge is 0.322 e. The highest BCUT2D eigenvalue weighted by molar-refractivity contribution is 5.27. The van der Waals surface area contributed by atoms with E-state index < -0.39 is 0 Å². The zero-order valence-electron chi connectivity index (χ0n) is 9.39. The standard InChI is InChI=1S/C10H15N.C2H6/c1-8-5-4-6-9(7-8)10(2,3)11;1-2/h4-7H,11H2,1-3H3;1-2H3. The molecule has 1 heteroatoms. The molecular formula is C12H21N. The molecule has 0 saturated heterocycles. The van der Waals surface area contributed by atoms with Crippen LogP contribution in [0.25, 0.3) is 0 Å². The normalized spacial score (nSPS) is 10.3. The first-order valence-electron chi connectivity index (χ1n) is 4.86. The molecule has 0 aliphatic heterocycles. The highest BCUT2D eigenvalue weighted by Gasteiger charge is 2.12. The molecule has 13 heavy (non-hydrogen) atoms. The molecule has 0 bridgehead atoms.